The molecule has 1 N–H and O–H groups in total. The number of piperazine rings is 1. The van der Waals surface area contributed by atoms with E-state index in [9.17, 15) is 9.59 Å². The van der Waals surface area contributed by atoms with Crippen molar-refractivity contribution in [3.8, 4) is 0 Å². The summed E-state index contributed by atoms with van der Waals surface area (Å²) in [6.45, 7) is 7.52. The summed E-state index contributed by atoms with van der Waals surface area (Å²) >= 11 is 1.40. The first-order chi connectivity index (χ1) is 16.5. The molecule has 0 bridgehead atoms. The second kappa shape index (κ2) is 11.2. The average Bonchev–Trinajstić information content (AvgIpc) is 3.25. The molecule has 1 aliphatic heterocycles. The van der Waals surface area contributed by atoms with Crippen LogP contribution in [-0.4, -0.2) is 63.4 Å². The third kappa shape index (κ3) is 5.96. The van der Waals surface area contributed by atoms with Gasteiger partial charge in [-0.2, -0.15) is 0 Å². The summed E-state index contributed by atoms with van der Waals surface area (Å²) in [4.78, 5) is 28.2. The second-order valence-electron chi connectivity index (χ2n) is 8.18. The van der Waals surface area contributed by atoms with Gasteiger partial charge in [0.05, 0.1) is 5.75 Å². The highest BCUT2D eigenvalue weighted by molar-refractivity contribution is 7.99. The number of thioether (sulfide) groups is 1. The Balaban J connectivity index is 1.28. The van der Waals surface area contributed by atoms with Crippen LogP contribution in [0.5, 0.6) is 0 Å². The molecule has 9 heteroatoms. The molecule has 0 aliphatic carbocycles. The molecule has 2 heterocycles. The van der Waals surface area contributed by atoms with Crippen LogP contribution in [0.15, 0.2) is 59.8 Å². The number of anilines is 2. The number of nitrogens with zero attached hydrogens (tertiary/aromatic N) is 5. The number of carbonyl (C=O) groups excluding carboxylic acids is 2. The van der Waals surface area contributed by atoms with E-state index in [0.717, 1.165) is 55.1 Å². The van der Waals surface area contributed by atoms with Gasteiger partial charge in [-0.1, -0.05) is 42.1 Å². The zero-order chi connectivity index (χ0) is 23.9. The number of carbonyl (C=O) groups is 2. The molecule has 0 saturated carbocycles. The van der Waals surface area contributed by atoms with Crippen molar-refractivity contribution < 1.29 is 9.59 Å². The first-order valence-corrected chi connectivity index (χ1v) is 12.5. The number of rotatable bonds is 8. The molecule has 1 saturated heterocycles. The molecule has 34 heavy (non-hydrogen) atoms. The van der Waals surface area contributed by atoms with Crippen molar-refractivity contribution in [2.45, 2.75) is 32.0 Å². The standard InChI is InChI=1S/C25H30N6O2S/c1-3-31-23(17-20-7-5-4-6-8-20)27-28-25(31)34-18-24(33)26-21-9-11-22(12-10-21)30-15-13-29(14-16-30)19(2)32/h4-12H,3,13-18H2,1-2H3,(H,26,33). The maximum Gasteiger partial charge on any atom is 0.234 e. The Bertz CT molecular complexity index is 1110. The van der Waals surface area contributed by atoms with Gasteiger partial charge in [-0.3, -0.25) is 9.59 Å². The monoisotopic (exact) mass is 478 g/mol. The summed E-state index contributed by atoms with van der Waals surface area (Å²) in [5.74, 6) is 1.21. The van der Waals surface area contributed by atoms with E-state index in [4.69, 9.17) is 0 Å². The van der Waals surface area contributed by atoms with Gasteiger partial charge < -0.3 is 19.7 Å². The minimum atomic E-state index is -0.0805. The maximum absolute atomic E-state index is 12.5. The summed E-state index contributed by atoms with van der Waals surface area (Å²) in [6, 6.07) is 18.0. The Hall–Kier alpha value is -3.33. The molecule has 3 aromatic rings. The molecule has 8 nitrogen and oxygen atoms in total. The van der Waals surface area contributed by atoms with Crippen molar-refractivity contribution in [1.29, 1.82) is 0 Å². The van der Waals surface area contributed by atoms with Gasteiger partial charge in [0.1, 0.15) is 5.82 Å². The highest BCUT2D eigenvalue weighted by Gasteiger charge is 2.19. The number of nitrogens with one attached hydrogen (secondary N) is 1. The van der Waals surface area contributed by atoms with Gasteiger partial charge in [0.2, 0.25) is 11.8 Å². The fraction of sp³-hybridized carbons (Fsp3) is 0.360. The average molecular weight is 479 g/mol. The summed E-state index contributed by atoms with van der Waals surface area (Å²) in [5.41, 5.74) is 3.04. The summed E-state index contributed by atoms with van der Waals surface area (Å²) < 4.78 is 2.06. The zero-order valence-corrected chi connectivity index (χ0v) is 20.4. The van der Waals surface area contributed by atoms with Crippen molar-refractivity contribution in [2.75, 3.05) is 42.1 Å². The zero-order valence-electron chi connectivity index (χ0n) is 19.6. The van der Waals surface area contributed by atoms with Crippen molar-refractivity contribution >= 4 is 35.0 Å². The van der Waals surface area contributed by atoms with Crippen LogP contribution < -0.4 is 10.2 Å². The predicted molar refractivity (Wildman–Crippen MR) is 135 cm³/mol. The Morgan fingerprint density at radius 1 is 0.971 bits per heavy atom. The third-order valence-electron chi connectivity index (χ3n) is 5.89. The molecular weight excluding hydrogens is 448 g/mol. The molecule has 1 fully saturated rings. The van der Waals surface area contributed by atoms with Gasteiger partial charge >= 0.3 is 0 Å². The van der Waals surface area contributed by atoms with E-state index in [0.29, 0.717) is 6.42 Å². The molecule has 0 radical (unpaired) electrons. The maximum atomic E-state index is 12.5. The Kier molecular flexibility index (Phi) is 7.84. The van der Waals surface area contributed by atoms with Gasteiger partial charge in [0.15, 0.2) is 5.16 Å². The van der Waals surface area contributed by atoms with Crippen molar-refractivity contribution in [2.24, 2.45) is 0 Å². The second-order valence-corrected chi connectivity index (χ2v) is 9.12. The van der Waals surface area contributed by atoms with Crippen LogP contribution >= 0.6 is 11.8 Å². The lowest BCUT2D eigenvalue weighted by Gasteiger charge is -2.35. The van der Waals surface area contributed by atoms with E-state index < -0.39 is 0 Å². The quantitative estimate of drug-likeness (QED) is 0.500. The number of amides is 2. The molecule has 0 spiro atoms. The normalized spacial score (nSPS) is 13.7. The number of aromatic nitrogens is 3. The summed E-state index contributed by atoms with van der Waals surface area (Å²) in [6.07, 6.45) is 0.713. The fourth-order valence-electron chi connectivity index (χ4n) is 4.01. The van der Waals surface area contributed by atoms with Crippen molar-refractivity contribution in [3.05, 3.63) is 66.0 Å². The van der Waals surface area contributed by atoms with Gasteiger partial charge in [-0.15, -0.1) is 10.2 Å². The smallest absolute Gasteiger partial charge is 0.234 e. The van der Waals surface area contributed by atoms with Gasteiger partial charge in [0.25, 0.3) is 0 Å². The minimum absolute atomic E-state index is 0.0805. The van der Waals surface area contributed by atoms with Crippen LogP contribution in [-0.2, 0) is 22.6 Å². The van der Waals surface area contributed by atoms with E-state index in [1.165, 1.54) is 17.3 Å². The highest BCUT2D eigenvalue weighted by atomic mass is 32.2. The molecule has 0 unspecified atom stereocenters. The first-order valence-electron chi connectivity index (χ1n) is 11.5. The molecule has 1 aromatic heterocycles. The molecule has 1 aliphatic rings. The number of benzene rings is 2. The summed E-state index contributed by atoms with van der Waals surface area (Å²) in [5, 5.41) is 12.4. The van der Waals surface area contributed by atoms with Crippen LogP contribution in [0.2, 0.25) is 0 Å². The lowest BCUT2D eigenvalue weighted by Crippen LogP contribution is -2.48. The lowest BCUT2D eigenvalue weighted by molar-refractivity contribution is -0.129. The molecular formula is C25H30N6O2S. The van der Waals surface area contributed by atoms with Gasteiger partial charge in [-0.05, 0) is 36.8 Å². The van der Waals surface area contributed by atoms with Crippen molar-refractivity contribution in [3.63, 3.8) is 0 Å². The van der Waals surface area contributed by atoms with Crippen LogP contribution in [0.1, 0.15) is 25.2 Å². The summed E-state index contributed by atoms with van der Waals surface area (Å²) in [7, 11) is 0. The van der Waals surface area contributed by atoms with Crippen LogP contribution in [0.4, 0.5) is 11.4 Å². The molecule has 178 valence electrons. The first kappa shape index (κ1) is 23.8. The number of hydrogen-bond donors (Lipinski definition) is 1. The van der Waals surface area contributed by atoms with Gasteiger partial charge in [-0.25, -0.2) is 0 Å². The van der Waals surface area contributed by atoms with Crippen LogP contribution in [0.25, 0.3) is 0 Å². The van der Waals surface area contributed by atoms with Crippen LogP contribution in [0.3, 0.4) is 0 Å². The van der Waals surface area contributed by atoms with Gasteiger partial charge in [0, 0.05) is 57.4 Å². The molecule has 2 amide bonds. The molecule has 4 rings (SSSR count). The van der Waals surface area contributed by atoms with E-state index in [2.05, 4.69) is 44.0 Å². The lowest BCUT2D eigenvalue weighted by atomic mass is 10.1. The highest BCUT2D eigenvalue weighted by Crippen LogP contribution is 2.22. The van der Waals surface area contributed by atoms with Crippen LogP contribution in [0, 0.1) is 0 Å². The minimum Gasteiger partial charge on any atom is -0.368 e. The van der Waals surface area contributed by atoms with E-state index in [-0.39, 0.29) is 17.6 Å². The topological polar surface area (TPSA) is 83.4 Å². The number of hydrogen-bond acceptors (Lipinski definition) is 6. The fourth-order valence-corrected chi connectivity index (χ4v) is 4.84. The Labute approximate surface area is 204 Å². The van der Waals surface area contributed by atoms with E-state index >= 15 is 0 Å². The van der Waals surface area contributed by atoms with E-state index in [1.54, 1.807) is 6.92 Å². The molecule has 2 aromatic carbocycles. The van der Waals surface area contributed by atoms with Crippen molar-refractivity contribution in [1.82, 2.24) is 19.7 Å². The Morgan fingerprint density at radius 3 is 2.32 bits per heavy atom. The largest absolute Gasteiger partial charge is 0.368 e. The Morgan fingerprint density at radius 2 is 1.68 bits per heavy atom. The van der Waals surface area contributed by atoms with E-state index in [1.807, 2.05) is 47.4 Å². The SMILES string of the molecule is CCn1c(Cc2ccccc2)nnc1SCC(=O)Nc1ccc(N2CCN(C(C)=O)CC2)cc1. The molecule has 0 atom stereocenters. The third-order valence-corrected chi connectivity index (χ3v) is 6.86. The predicted octanol–water partition coefficient (Wildman–Crippen LogP) is 3.29.